The number of nitrogens with one attached hydrogen (secondary N) is 2. The molecule has 5 nitrogen and oxygen atoms in total. The number of nitrogens with zero attached hydrogens (tertiary/aromatic N) is 2. The number of piperidine rings is 1. The number of benzene rings is 1. The van der Waals surface area contributed by atoms with Gasteiger partial charge in [-0.05, 0) is 50.7 Å². The Bertz CT molecular complexity index is 843. The molecule has 3 heterocycles. The minimum Gasteiger partial charge on any atom is -0.316 e. The largest absolute Gasteiger partial charge is 0.316 e. The first-order valence-corrected chi connectivity index (χ1v) is 10.6. The summed E-state index contributed by atoms with van der Waals surface area (Å²) in [5, 5.41) is 11.2. The van der Waals surface area contributed by atoms with Gasteiger partial charge in [-0.25, -0.2) is 4.39 Å². The number of halogens is 2. The Morgan fingerprint density at radius 2 is 2.07 bits per heavy atom. The van der Waals surface area contributed by atoms with Crippen molar-refractivity contribution in [3.8, 4) is 10.6 Å². The third kappa shape index (κ3) is 7.70. The standard InChI is InChI=1S/C9H7ClN2OS.C6H5F.C6H14N2/c1-12-9(7(10)4-11-12)8-3-2-6(5-13)14-8;7-6-4-2-1-3-5-6;1-7-6-3-2-4-8-5-6/h2-5H,1H3;1-5H;6-8H,2-5H2,1H3. The Labute approximate surface area is 179 Å². The van der Waals surface area contributed by atoms with Gasteiger partial charge in [0, 0.05) is 19.6 Å². The first-order valence-electron chi connectivity index (χ1n) is 9.36. The van der Waals surface area contributed by atoms with Gasteiger partial charge in [-0.2, -0.15) is 5.10 Å². The summed E-state index contributed by atoms with van der Waals surface area (Å²) < 4.78 is 13.6. The summed E-state index contributed by atoms with van der Waals surface area (Å²) in [6.45, 7) is 2.36. The van der Waals surface area contributed by atoms with Gasteiger partial charge in [0.15, 0.2) is 6.29 Å². The smallest absolute Gasteiger partial charge is 0.160 e. The molecule has 1 aliphatic rings. The second-order valence-corrected chi connectivity index (χ2v) is 7.93. The highest BCUT2D eigenvalue weighted by Gasteiger charge is 2.11. The molecule has 0 amide bonds. The minimum atomic E-state index is -0.178. The summed E-state index contributed by atoms with van der Waals surface area (Å²) in [7, 11) is 3.85. The van der Waals surface area contributed by atoms with Crippen molar-refractivity contribution in [2.24, 2.45) is 7.05 Å². The van der Waals surface area contributed by atoms with Gasteiger partial charge in [-0.1, -0.05) is 29.8 Å². The first kappa shape index (κ1) is 23.2. The van der Waals surface area contributed by atoms with E-state index in [4.69, 9.17) is 11.6 Å². The quantitative estimate of drug-likeness (QED) is 0.597. The van der Waals surface area contributed by atoms with Crippen molar-refractivity contribution >= 4 is 29.2 Å². The maximum atomic E-state index is 11.9. The molecule has 1 aromatic carbocycles. The normalized spacial score (nSPS) is 15.5. The van der Waals surface area contributed by atoms with Crippen molar-refractivity contribution in [2.45, 2.75) is 18.9 Å². The summed E-state index contributed by atoms with van der Waals surface area (Å²) in [4.78, 5) is 12.2. The molecule has 8 heteroatoms. The molecular formula is C21H26ClFN4OS. The number of aldehydes is 1. The number of aryl methyl sites for hydroxylation is 1. The number of hydrogen-bond donors (Lipinski definition) is 2. The van der Waals surface area contributed by atoms with Crippen molar-refractivity contribution in [3.05, 3.63) is 64.4 Å². The lowest BCUT2D eigenvalue weighted by atomic mass is 10.1. The zero-order chi connectivity index (χ0) is 21.1. The SMILES string of the molecule is CNC1CCCNC1.Cn1ncc(Cl)c1-c1ccc(C=O)s1.Fc1ccccc1. The lowest BCUT2D eigenvalue weighted by Crippen LogP contribution is -2.41. The van der Waals surface area contributed by atoms with Crippen LogP contribution >= 0.6 is 22.9 Å². The van der Waals surface area contributed by atoms with E-state index in [9.17, 15) is 9.18 Å². The van der Waals surface area contributed by atoms with Crippen molar-refractivity contribution in [3.63, 3.8) is 0 Å². The molecule has 1 saturated heterocycles. The first-order chi connectivity index (χ1) is 14.0. The Balaban J connectivity index is 0.000000170. The van der Waals surface area contributed by atoms with E-state index < -0.39 is 0 Å². The monoisotopic (exact) mass is 436 g/mol. The molecule has 0 bridgehead atoms. The zero-order valence-electron chi connectivity index (χ0n) is 16.6. The van der Waals surface area contributed by atoms with Crippen molar-refractivity contribution < 1.29 is 9.18 Å². The van der Waals surface area contributed by atoms with Crippen LogP contribution < -0.4 is 10.6 Å². The van der Waals surface area contributed by atoms with E-state index >= 15 is 0 Å². The van der Waals surface area contributed by atoms with Gasteiger partial charge in [-0.3, -0.25) is 9.48 Å². The van der Waals surface area contributed by atoms with Crippen LogP contribution in [-0.2, 0) is 7.05 Å². The zero-order valence-corrected chi connectivity index (χ0v) is 18.1. The lowest BCUT2D eigenvalue weighted by Gasteiger charge is -2.21. The number of thiophene rings is 1. The van der Waals surface area contributed by atoms with Crippen molar-refractivity contribution in [1.82, 2.24) is 20.4 Å². The molecule has 0 saturated carbocycles. The number of hydrogen-bond acceptors (Lipinski definition) is 5. The van der Waals surface area contributed by atoms with E-state index in [1.165, 1.54) is 42.9 Å². The molecule has 2 N–H and O–H groups in total. The van der Waals surface area contributed by atoms with E-state index in [0.717, 1.165) is 29.4 Å². The molecule has 29 heavy (non-hydrogen) atoms. The Morgan fingerprint density at radius 3 is 2.48 bits per heavy atom. The summed E-state index contributed by atoms with van der Waals surface area (Å²) in [5.74, 6) is -0.178. The summed E-state index contributed by atoms with van der Waals surface area (Å²) >= 11 is 7.37. The fraction of sp³-hybridized carbons (Fsp3) is 0.333. The van der Waals surface area contributed by atoms with Crippen LogP contribution in [0.1, 0.15) is 22.5 Å². The predicted molar refractivity (Wildman–Crippen MR) is 118 cm³/mol. The van der Waals surface area contributed by atoms with Gasteiger partial charge in [0.05, 0.1) is 26.7 Å². The summed E-state index contributed by atoms with van der Waals surface area (Å²) in [5.41, 5.74) is 0.852. The molecule has 1 unspecified atom stereocenters. The van der Waals surface area contributed by atoms with Crippen LogP contribution in [0.15, 0.2) is 48.7 Å². The fourth-order valence-electron chi connectivity index (χ4n) is 2.74. The van der Waals surface area contributed by atoms with Gasteiger partial charge in [0.1, 0.15) is 5.82 Å². The topological polar surface area (TPSA) is 58.9 Å². The highest BCUT2D eigenvalue weighted by atomic mass is 35.5. The maximum absolute atomic E-state index is 11.9. The van der Waals surface area contributed by atoms with Gasteiger partial charge in [-0.15, -0.1) is 11.3 Å². The molecule has 1 atom stereocenters. The van der Waals surface area contributed by atoms with Gasteiger partial charge in [0.25, 0.3) is 0 Å². The van der Waals surface area contributed by atoms with E-state index in [1.54, 1.807) is 35.1 Å². The van der Waals surface area contributed by atoms with Crippen LogP contribution in [0.5, 0.6) is 0 Å². The number of likely N-dealkylation sites (N-methyl/N-ethyl adjacent to an activating group) is 1. The average Bonchev–Trinajstić information content (AvgIpc) is 3.36. The molecule has 0 aliphatic carbocycles. The molecule has 0 radical (unpaired) electrons. The van der Waals surface area contributed by atoms with Gasteiger partial charge >= 0.3 is 0 Å². The van der Waals surface area contributed by atoms with E-state index in [2.05, 4.69) is 15.7 Å². The Morgan fingerprint density at radius 1 is 1.31 bits per heavy atom. The maximum Gasteiger partial charge on any atom is 0.160 e. The fourth-order valence-corrected chi connectivity index (χ4v) is 3.98. The highest BCUT2D eigenvalue weighted by molar-refractivity contribution is 7.17. The molecule has 2 aromatic heterocycles. The molecule has 3 aromatic rings. The number of carbonyl (C=O) groups excluding carboxylic acids is 1. The van der Waals surface area contributed by atoms with E-state index in [-0.39, 0.29) is 5.82 Å². The second kappa shape index (κ2) is 12.5. The van der Waals surface area contributed by atoms with Crippen molar-refractivity contribution in [2.75, 3.05) is 20.1 Å². The average molecular weight is 437 g/mol. The van der Waals surface area contributed by atoms with Crippen LogP contribution in [0.25, 0.3) is 10.6 Å². The van der Waals surface area contributed by atoms with Crippen LogP contribution in [0.4, 0.5) is 4.39 Å². The third-order valence-corrected chi connectivity index (χ3v) is 5.60. The summed E-state index contributed by atoms with van der Waals surface area (Å²) in [6, 6.07) is 12.3. The van der Waals surface area contributed by atoms with Gasteiger partial charge in [0.2, 0.25) is 0 Å². The molecule has 0 spiro atoms. The second-order valence-electron chi connectivity index (χ2n) is 6.41. The van der Waals surface area contributed by atoms with Crippen LogP contribution in [-0.4, -0.2) is 42.2 Å². The molecular weight excluding hydrogens is 411 g/mol. The predicted octanol–water partition coefficient (Wildman–Crippen LogP) is 4.40. The van der Waals surface area contributed by atoms with E-state index in [1.807, 2.05) is 20.2 Å². The number of aromatic nitrogens is 2. The molecule has 1 aliphatic heterocycles. The Hall–Kier alpha value is -2.06. The van der Waals surface area contributed by atoms with E-state index in [0.29, 0.717) is 9.90 Å². The summed E-state index contributed by atoms with van der Waals surface area (Å²) in [6.07, 6.45) is 5.09. The number of rotatable bonds is 3. The molecule has 1 fully saturated rings. The Kier molecular flexibility index (Phi) is 10.0. The number of carbonyl (C=O) groups is 1. The molecule has 156 valence electrons. The molecule has 4 rings (SSSR count). The van der Waals surface area contributed by atoms with Crippen LogP contribution in [0.3, 0.4) is 0 Å². The highest BCUT2D eigenvalue weighted by Crippen LogP contribution is 2.32. The van der Waals surface area contributed by atoms with Crippen molar-refractivity contribution in [1.29, 1.82) is 0 Å². The lowest BCUT2D eigenvalue weighted by molar-refractivity contribution is 0.112. The van der Waals surface area contributed by atoms with Crippen LogP contribution in [0, 0.1) is 5.82 Å². The van der Waals surface area contributed by atoms with Crippen LogP contribution in [0.2, 0.25) is 5.02 Å². The minimum absolute atomic E-state index is 0.178. The third-order valence-electron chi connectivity index (χ3n) is 4.31. The van der Waals surface area contributed by atoms with Gasteiger partial charge < -0.3 is 10.6 Å².